The van der Waals surface area contributed by atoms with E-state index < -0.39 is 0 Å². The van der Waals surface area contributed by atoms with E-state index in [0.717, 1.165) is 0 Å². The number of hydrogen-bond acceptors (Lipinski definition) is 5. The minimum absolute atomic E-state index is 0.0135. The van der Waals surface area contributed by atoms with Crippen LogP contribution >= 0.6 is 0 Å². The molecule has 0 N–H and O–H groups in total. The quantitative estimate of drug-likeness (QED) is 0.828. The fourth-order valence-electron chi connectivity index (χ4n) is 2.68. The summed E-state index contributed by atoms with van der Waals surface area (Å²) in [6.45, 7) is 3.52. The Kier molecular flexibility index (Phi) is 3.85. The number of carbonyl (C=O) groups excluding carboxylic acids is 1. The fraction of sp³-hybridized carbons (Fsp3) is 0.500. The first-order valence-corrected chi connectivity index (χ1v) is 6.91. The van der Waals surface area contributed by atoms with Crippen LogP contribution in [0, 0.1) is 0 Å². The van der Waals surface area contributed by atoms with E-state index in [1.54, 1.807) is 28.8 Å². The molecule has 0 spiro atoms. The molecule has 3 heterocycles. The van der Waals surface area contributed by atoms with Gasteiger partial charge in [-0.25, -0.2) is 0 Å². The number of aromatic nitrogens is 3. The number of pyridine rings is 1. The largest absolute Gasteiger partial charge is 0.382 e. The molecule has 112 valence electrons. The van der Waals surface area contributed by atoms with Crippen LogP contribution < -0.4 is 0 Å². The number of ether oxygens (including phenoxy) is 2. The Balaban J connectivity index is 1.85. The third-order valence-electron chi connectivity index (χ3n) is 3.52. The van der Waals surface area contributed by atoms with E-state index in [1.807, 2.05) is 19.2 Å². The van der Waals surface area contributed by atoms with Crippen LogP contribution in [0.3, 0.4) is 0 Å². The molecule has 2 aromatic heterocycles. The Morgan fingerprint density at radius 3 is 3.19 bits per heavy atom. The molecule has 2 unspecified atom stereocenters. The highest BCUT2D eigenvalue weighted by atomic mass is 16.5. The minimum Gasteiger partial charge on any atom is -0.382 e. The van der Waals surface area contributed by atoms with E-state index in [2.05, 4.69) is 10.2 Å². The van der Waals surface area contributed by atoms with Crippen molar-refractivity contribution in [1.29, 1.82) is 0 Å². The number of morpholine rings is 1. The van der Waals surface area contributed by atoms with Gasteiger partial charge in [-0.2, -0.15) is 0 Å². The van der Waals surface area contributed by atoms with Crippen LogP contribution in [-0.2, 0) is 9.47 Å². The minimum atomic E-state index is -0.0969. The van der Waals surface area contributed by atoms with E-state index in [1.165, 1.54) is 0 Å². The summed E-state index contributed by atoms with van der Waals surface area (Å²) in [5, 5.41) is 7.86. The fourth-order valence-corrected chi connectivity index (χ4v) is 2.68. The van der Waals surface area contributed by atoms with Gasteiger partial charge >= 0.3 is 0 Å². The third kappa shape index (κ3) is 2.74. The number of amides is 1. The first-order valence-electron chi connectivity index (χ1n) is 6.91. The summed E-state index contributed by atoms with van der Waals surface area (Å²) in [5.74, 6) is -0.0511. The molecule has 21 heavy (non-hydrogen) atoms. The summed E-state index contributed by atoms with van der Waals surface area (Å²) in [7, 11) is 1.63. The lowest BCUT2D eigenvalue weighted by atomic mass is 10.1. The molecular formula is C14H18N4O3. The predicted octanol–water partition coefficient (Wildman–Crippen LogP) is 0.605. The smallest absolute Gasteiger partial charge is 0.257 e. The summed E-state index contributed by atoms with van der Waals surface area (Å²) >= 11 is 0. The van der Waals surface area contributed by atoms with Gasteiger partial charge in [0.05, 0.1) is 24.4 Å². The molecule has 7 nitrogen and oxygen atoms in total. The molecule has 0 saturated carbocycles. The van der Waals surface area contributed by atoms with Crippen molar-refractivity contribution in [1.82, 2.24) is 19.5 Å². The van der Waals surface area contributed by atoms with Crippen LogP contribution in [-0.4, -0.2) is 64.4 Å². The predicted molar refractivity (Wildman–Crippen MR) is 75.1 cm³/mol. The zero-order valence-corrected chi connectivity index (χ0v) is 12.1. The van der Waals surface area contributed by atoms with Crippen molar-refractivity contribution < 1.29 is 14.3 Å². The van der Waals surface area contributed by atoms with Gasteiger partial charge in [0.2, 0.25) is 0 Å². The zero-order chi connectivity index (χ0) is 14.8. The van der Waals surface area contributed by atoms with Gasteiger partial charge in [0.25, 0.3) is 5.91 Å². The molecular weight excluding hydrogens is 272 g/mol. The first kappa shape index (κ1) is 14.0. The van der Waals surface area contributed by atoms with Crippen molar-refractivity contribution in [3.8, 4) is 0 Å². The van der Waals surface area contributed by atoms with Crippen molar-refractivity contribution in [2.45, 2.75) is 19.1 Å². The highest BCUT2D eigenvalue weighted by Gasteiger charge is 2.30. The topological polar surface area (TPSA) is 69.0 Å². The van der Waals surface area contributed by atoms with Crippen molar-refractivity contribution in [2.24, 2.45) is 0 Å². The zero-order valence-electron chi connectivity index (χ0n) is 12.1. The second kappa shape index (κ2) is 5.79. The average molecular weight is 290 g/mol. The number of carbonyl (C=O) groups is 1. The molecule has 1 aliphatic rings. The van der Waals surface area contributed by atoms with E-state index in [9.17, 15) is 4.79 Å². The van der Waals surface area contributed by atoms with Crippen LogP contribution in [0.2, 0.25) is 0 Å². The lowest BCUT2D eigenvalue weighted by Crippen LogP contribution is -2.50. The molecule has 1 saturated heterocycles. The van der Waals surface area contributed by atoms with Gasteiger partial charge in [-0.3, -0.25) is 9.20 Å². The molecule has 1 amide bonds. The van der Waals surface area contributed by atoms with Crippen LogP contribution in [0.5, 0.6) is 0 Å². The van der Waals surface area contributed by atoms with E-state index in [0.29, 0.717) is 30.9 Å². The average Bonchev–Trinajstić information content (AvgIpc) is 2.94. The van der Waals surface area contributed by atoms with Crippen LogP contribution in [0.4, 0.5) is 0 Å². The maximum atomic E-state index is 12.8. The number of nitrogens with zero attached hydrogens (tertiary/aromatic N) is 4. The second-order valence-electron chi connectivity index (χ2n) is 5.22. The maximum Gasteiger partial charge on any atom is 0.257 e. The van der Waals surface area contributed by atoms with Crippen molar-refractivity contribution >= 4 is 11.6 Å². The first-order chi connectivity index (χ1) is 10.2. The molecule has 0 aromatic carbocycles. The number of methoxy groups -OCH3 is 1. The normalized spacial score (nSPS) is 22.7. The molecule has 2 aromatic rings. The number of rotatable bonds is 3. The van der Waals surface area contributed by atoms with Crippen molar-refractivity contribution in [3.05, 3.63) is 30.2 Å². The highest BCUT2D eigenvalue weighted by Crippen LogP contribution is 2.17. The molecule has 1 fully saturated rings. The Hall–Kier alpha value is -1.99. The van der Waals surface area contributed by atoms with Gasteiger partial charge in [-0.15, -0.1) is 10.2 Å². The lowest BCUT2D eigenvalue weighted by molar-refractivity contribution is -0.0918. The summed E-state index contributed by atoms with van der Waals surface area (Å²) in [5.41, 5.74) is 1.13. The molecule has 0 aliphatic carbocycles. The Morgan fingerprint density at radius 1 is 1.52 bits per heavy atom. The van der Waals surface area contributed by atoms with Gasteiger partial charge < -0.3 is 14.4 Å². The van der Waals surface area contributed by atoms with E-state index in [4.69, 9.17) is 9.47 Å². The van der Waals surface area contributed by atoms with Crippen LogP contribution in [0.25, 0.3) is 5.65 Å². The van der Waals surface area contributed by atoms with Gasteiger partial charge in [-0.1, -0.05) is 0 Å². The summed E-state index contributed by atoms with van der Waals surface area (Å²) in [6, 6.07) is 3.60. The lowest BCUT2D eigenvalue weighted by Gasteiger charge is -2.36. The van der Waals surface area contributed by atoms with Gasteiger partial charge in [0.1, 0.15) is 6.33 Å². The third-order valence-corrected chi connectivity index (χ3v) is 3.52. The highest BCUT2D eigenvalue weighted by molar-refractivity contribution is 5.99. The van der Waals surface area contributed by atoms with E-state index in [-0.39, 0.29) is 18.1 Å². The summed E-state index contributed by atoms with van der Waals surface area (Å²) in [4.78, 5) is 14.5. The number of fused-ring (bicyclic) bond motifs is 1. The van der Waals surface area contributed by atoms with Gasteiger partial charge in [0.15, 0.2) is 5.65 Å². The SMILES string of the molecule is COCC1CN(C(=O)c2cccn3cnnc23)CC(C)O1. The molecule has 3 rings (SSSR count). The van der Waals surface area contributed by atoms with E-state index >= 15 is 0 Å². The summed E-state index contributed by atoms with van der Waals surface area (Å²) < 4.78 is 12.6. The Bertz CT molecular complexity index is 642. The molecule has 1 aliphatic heterocycles. The van der Waals surface area contributed by atoms with Crippen LogP contribution in [0.15, 0.2) is 24.7 Å². The number of hydrogen-bond donors (Lipinski definition) is 0. The Morgan fingerprint density at radius 2 is 2.38 bits per heavy atom. The summed E-state index contributed by atoms with van der Waals surface area (Å²) in [6.07, 6.45) is 3.30. The molecule has 7 heteroatoms. The second-order valence-corrected chi connectivity index (χ2v) is 5.22. The van der Waals surface area contributed by atoms with Crippen LogP contribution in [0.1, 0.15) is 17.3 Å². The monoisotopic (exact) mass is 290 g/mol. The molecule has 2 atom stereocenters. The Labute approximate surface area is 122 Å². The van der Waals surface area contributed by atoms with Crippen molar-refractivity contribution in [3.63, 3.8) is 0 Å². The molecule has 0 radical (unpaired) electrons. The molecule has 0 bridgehead atoms. The van der Waals surface area contributed by atoms with Gasteiger partial charge in [-0.05, 0) is 19.1 Å². The standard InChI is InChI=1S/C14H18N4O3/c1-10-6-18(7-11(21-10)8-20-2)14(19)12-4-3-5-17-9-15-16-13(12)17/h3-5,9-11H,6-8H2,1-2H3. The maximum absolute atomic E-state index is 12.8. The van der Waals surface area contributed by atoms with Crippen molar-refractivity contribution in [2.75, 3.05) is 26.8 Å². The van der Waals surface area contributed by atoms with Gasteiger partial charge in [0, 0.05) is 26.4 Å².